The van der Waals surface area contributed by atoms with Gasteiger partial charge in [0, 0.05) is 11.1 Å². The Balaban J connectivity index is 1.85. The molecule has 132 valence electrons. The molecule has 3 aromatic rings. The quantitative estimate of drug-likeness (QED) is 0.681. The van der Waals surface area contributed by atoms with E-state index in [9.17, 15) is 10.1 Å². The number of benzene rings is 1. The second-order valence-corrected chi connectivity index (χ2v) is 6.18. The van der Waals surface area contributed by atoms with Crippen LogP contribution in [0.15, 0.2) is 36.9 Å². The van der Waals surface area contributed by atoms with Gasteiger partial charge in [-0.25, -0.2) is 9.97 Å². The van der Waals surface area contributed by atoms with E-state index in [2.05, 4.69) is 26.5 Å². The van der Waals surface area contributed by atoms with E-state index in [1.807, 2.05) is 32.0 Å². The van der Waals surface area contributed by atoms with Crippen molar-refractivity contribution in [2.75, 3.05) is 11.9 Å². The van der Waals surface area contributed by atoms with Crippen LogP contribution in [0.4, 0.5) is 11.4 Å². The van der Waals surface area contributed by atoms with Crippen molar-refractivity contribution in [2.24, 2.45) is 5.92 Å². The molecule has 0 atom stereocenters. The Labute approximate surface area is 150 Å². The number of rotatable bonds is 6. The molecule has 0 radical (unpaired) electrons. The summed E-state index contributed by atoms with van der Waals surface area (Å²) < 4.78 is 6.69. The van der Waals surface area contributed by atoms with Crippen molar-refractivity contribution in [3.05, 3.63) is 42.6 Å². The lowest BCUT2D eigenvalue weighted by Gasteiger charge is -2.08. The first-order chi connectivity index (χ1) is 12.6. The van der Waals surface area contributed by atoms with Crippen LogP contribution in [-0.2, 0) is 16.1 Å². The molecule has 0 aliphatic rings. The molecule has 3 rings (SSSR count). The highest BCUT2D eigenvalue weighted by Crippen LogP contribution is 2.24. The highest BCUT2D eigenvalue weighted by atomic mass is 16.5. The summed E-state index contributed by atoms with van der Waals surface area (Å²) in [5.41, 5.74) is 2.45. The Hall–Kier alpha value is -3.47. The lowest BCUT2D eigenvalue weighted by molar-refractivity contribution is -0.145. The number of fused-ring (bicyclic) bond motifs is 1. The highest BCUT2D eigenvalue weighted by molar-refractivity contribution is 5.89. The van der Waals surface area contributed by atoms with Crippen LogP contribution in [0.2, 0.25) is 0 Å². The maximum atomic E-state index is 12.0. The van der Waals surface area contributed by atoms with Crippen molar-refractivity contribution in [1.82, 2.24) is 19.7 Å². The largest absolute Gasteiger partial charge is 0.464 e. The first-order valence-electron chi connectivity index (χ1n) is 8.15. The maximum absolute atomic E-state index is 12.0. The van der Waals surface area contributed by atoms with Gasteiger partial charge < -0.3 is 10.1 Å². The molecule has 8 heteroatoms. The Morgan fingerprint density at radius 3 is 2.77 bits per heavy atom. The summed E-state index contributed by atoms with van der Waals surface area (Å²) in [6.07, 6.45) is 4.75. The summed E-state index contributed by atoms with van der Waals surface area (Å²) in [7, 11) is 0. The smallest absolute Gasteiger partial charge is 0.327 e. The Kier molecular flexibility index (Phi) is 5.08. The summed E-state index contributed by atoms with van der Waals surface area (Å²) in [6, 6.07) is 7.53. The number of hydrogen-bond donors (Lipinski definition) is 1. The SMILES string of the molecule is CC(C)COC(=O)Cn1nc(C#N)c2cc(Nc3cncnc3)ccc21. The monoisotopic (exact) mass is 350 g/mol. The van der Waals surface area contributed by atoms with Crippen molar-refractivity contribution < 1.29 is 9.53 Å². The molecule has 8 nitrogen and oxygen atoms in total. The molecule has 0 amide bonds. The molecule has 2 heterocycles. The lowest BCUT2D eigenvalue weighted by Crippen LogP contribution is -2.17. The topological polar surface area (TPSA) is 106 Å². The van der Waals surface area contributed by atoms with Crippen LogP contribution in [0.1, 0.15) is 19.5 Å². The number of anilines is 2. The normalized spacial score (nSPS) is 10.7. The van der Waals surface area contributed by atoms with Crippen molar-refractivity contribution in [2.45, 2.75) is 20.4 Å². The fourth-order valence-corrected chi connectivity index (χ4v) is 2.42. The molecular formula is C18H18N6O2. The number of aromatic nitrogens is 4. The fourth-order valence-electron chi connectivity index (χ4n) is 2.42. The van der Waals surface area contributed by atoms with E-state index >= 15 is 0 Å². The minimum atomic E-state index is -0.378. The average Bonchev–Trinajstić information content (AvgIpc) is 2.98. The second-order valence-electron chi connectivity index (χ2n) is 6.18. The number of esters is 1. The molecule has 26 heavy (non-hydrogen) atoms. The van der Waals surface area contributed by atoms with Crippen LogP contribution in [0.25, 0.3) is 10.9 Å². The third-order valence-electron chi connectivity index (χ3n) is 3.56. The van der Waals surface area contributed by atoms with Gasteiger partial charge in [-0.05, 0) is 24.1 Å². The molecule has 1 aromatic carbocycles. The van der Waals surface area contributed by atoms with E-state index in [1.165, 1.54) is 11.0 Å². The van der Waals surface area contributed by atoms with Crippen molar-refractivity contribution in [3.63, 3.8) is 0 Å². The predicted octanol–water partition coefficient (Wildman–Crippen LogP) is 2.64. The Morgan fingerprint density at radius 1 is 1.31 bits per heavy atom. The van der Waals surface area contributed by atoms with Crippen LogP contribution in [0.3, 0.4) is 0 Å². The number of carbonyl (C=O) groups is 1. The van der Waals surface area contributed by atoms with Gasteiger partial charge in [-0.15, -0.1) is 0 Å². The van der Waals surface area contributed by atoms with Crippen LogP contribution in [0, 0.1) is 17.2 Å². The molecule has 0 aliphatic carbocycles. The summed E-state index contributed by atoms with van der Waals surface area (Å²) in [6.45, 7) is 4.26. The van der Waals surface area contributed by atoms with Gasteiger partial charge in [-0.1, -0.05) is 13.8 Å². The molecule has 0 saturated carbocycles. The number of carbonyl (C=O) groups excluding carboxylic acids is 1. The standard InChI is InChI=1S/C18H18N6O2/c1-12(2)10-26-18(25)9-24-17-4-3-13(5-15(17)16(6-19)23-24)22-14-7-20-11-21-8-14/h3-5,7-8,11-12,22H,9-10H2,1-2H3. The van der Waals surface area contributed by atoms with Gasteiger partial charge in [0.15, 0.2) is 5.69 Å². The molecule has 0 unspecified atom stereocenters. The van der Waals surface area contributed by atoms with E-state index in [0.717, 1.165) is 11.4 Å². The van der Waals surface area contributed by atoms with Gasteiger partial charge in [-0.2, -0.15) is 10.4 Å². The van der Waals surface area contributed by atoms with Crippen LogP contribution < -0.4 is 5.32 Å². The average molecular weight is 350 g/mol. The molecule has 0 bridgehead atoms. The highest BCUT2D eigenvalue weighted by Gasteiger charge is 2.14. The van der Waals surface area contributed by atoms with E-state index in [0.29, 0.717) is 17.5 Å². The Morgan fingerprint density at radius 2 is 2.08 bits per heavy atom. The van der Waals surface area contributed by atoms with Crippen molar-refractivity contribution >= 4 is 28.2 Å². The third-order valence-corrected chi connectivity index (χ3v) is 3.56. The van der Waals surface area contributed by atoms with Crippen LogP contribution in [0.5, 0.6) is 0 Å². The van der Waals surface area contributed by atoms with Crippen molar-refractivity contribution in [3.8, 4) is 6.07 Å². The minimum absolute atomic E-state index is 0.0375. The maximum Gasteiger partial charge on any atom is 0.327 e. The predicted molar refractivity (Wildman–Crippen MR) is 95.6 cm³/mol. The molecule has 0 spiro atoms. The van der Waals surface area contributed by atoms with Crippen molar-refractivity contribution in [1.29, 1.82) is 5.26 Å². The first-order valence-corrected chi connectivity index (χ1v) is 8.15. The van der Waals surface area contributed by atoms with Gasteiger partial charge >= 0.3 is 5.97 Å². The van der Waals surface area contributed by atoms with Gasteiger partial charge in [0.1, 0.15) is 18.9 Å². The zero-order chi connectivity index (χ0) is 18.5. The van der Waals surface area contributed by atoms with Gasteiger partial charge in [-0.3, -0.25) is 9.48 Å². The molecule has 0 saturated heterocycles. The summed E-state index contributed by atoms with van der Waals surface area (Å²) in [4.78, 5) is 19.9. The Bertz CT molecular complexity index is 959. The molecule has 1 N–H and O–H groups in total. The summed E-state index contributed by atoms with van der Waals surface area (Å²) >= 11 is 0. The number of nitrogens with one attached hydrogen (secondary N) is 1. The minimum Gasteiger partial charge on any atom is -0.464 e. The van der Waals surface area contributed by atoms with Crippen LogP contribution >= 0.6 is 0 Å². The summed E-state index contributed by atoms with van der Waals surface area (Å²) in [5.74, 6) is -0.116. The number of hydrogen-bond acceptors (Lipinski definition) is 7. The van der Waals surface area contributed by atoms with E-state index < -0.39 is 0 Å². The first kappa shape index (κ1) is 17.4. The third kappa shape index (κ3) is 3.95. The van der Waals surface area contributed by atoms with Gasteiger partial charge in [0.2, 0.25) is 0 Å². The van der Waals surface area contributed by atoms with E-state index in [4.69, 9.17) is 4.74 Å². The van der Waals surface area contributed by atoms with Gasteiger partial charge in [0.05, 0.1) is 30.2 Å². The molecule has 0 aliphatic heterocycles. The number of ether oxygens (including phenoxy) is 1. The number of nitriles is 1. The number of nitrogens with zero attached hydrogens (tertiary/aromatic N) is 5. The van der Waals surface area contributed by atoms with E-state index in [-0.39, 0.29) is 24.1 Å². The second kappa shape index (κ2) is 7.61. The molecular weight excluding hydrogens is 332 g/mol. The van der Waals surface area contributed by atoms with Crippen LogP contribution in [-0.4, -0.2) is 32.3 Å². The fraction of sp³-hybridized carbons (Fsp3) is 0.278. The lowest BCUT2D eigenvalue weighted by atomic mass is 10.2. The zero-order valence-electron chi connectivity index (χ0n) is 14.5. The van der Waals surface area contributed by atoms with Gasteiger partial charge in [0.25, 0.3) is 0 Å². The van der Waals surface area contributed by atoms with E-state index in [1.54, 1.807) is 12.4 Å². The summed E-state index contributed by atoms with van der Waals surface area (Å²) in [5, 5.41) is 17.4. The molecule has 2 aromatic heterocycles. The molecule has 0 fully saturated rings. The zero-order valence-corrected chi connectivity index (χ0v) is 14.5.